The molecule has 0 aliphatic rings. The van der Waals surface area contributed by atoms with Crippen LogP contribution in [0, 0.1) is 6.57 Å². The molecule has 16 heavy (non-hydrogen) atoms. The molecule has 0 unspecified atom stereocenters. The molecule has 0 amide bonds. The van der Waals surface area contributed by atoms with Gasteiger partial charge in [0.2, 0.25) is 0 Å². The Kier molecular flexibility index (Phi) is 6.24. The Hall–Kier alpha value is -1.50. The van der Waals surface area contributed by atoms with Gasteiger partial charge in [-0.3, -0.25) is 0 Å². The maximum atomic E-state index is 12.0. The van der Waals surface area contributed by atoms with E-state index in [0.29, 0.717) is 6.54 Å². The molecule has 1 aromatic rings. The van der Waals surface area contributed by atoms with E-state index in [2.05, 4.69) is 4.85 Å². The van der Waals surface area contributed by atoms with Gasteiger partial charge >= 0.3 is 6.18 Å². The molecule has 0 atom stereocenters. The monoisotopic (exact) mass is 230 g/mol. The van der Waals surface area contributed by atoms with Crippen molar-refractivity contribution in [3.8, 4) is 6.57 Å². The van der Waals surface area contributed by atoms with Crippen LogP contribution in [0.15, 0.2) is 24.3 Å². The first-order valence-electron chi connectivity index (χ1n) is 5.02. The van der Waals surface area contributed by atoms with Crippen LogP contribution in [-0.4, -0.2) is 6.18 Å². The topological polar surface area (TPSA) is 4.36 Å². The van der Waals surface area contributed by atoms with Crippen LogP contribution in [0.1, 0.15) is 25.0 Å². The van der Waals surface area contributed by atoms with Crippen molar-refractivity contribution in [1.29, 1.82) is 0 Å². The van der Waals surface area contributed by atoms with Crippen molar-refractivity contribution in [2.24, 2.45) is 0 Å². The van der Waals surface area contributed by atoms with Crippen LogP contribution >= 0.6 is 0 Å². The van der Waals surface area contributed by atoms with Crippen LogP contribution in [-0.2, 0) is 13.0 Å². The van der Waals surface area contributed by atoms with Gasteiger partial charge in [0.1, 0.15) is 0 Å². The lowest BCUT2D eigenvalue weighted by Crippen LogP contribution is -2.11. The number of hydrogen-bond donors (Lipinski definition) is 0. The third-order valence-corrected chi connectivity index (χ3v) is 1.70. The van der Waals surface area contributed by atoms with Crippen LogP contribution in [0.25, 0.3) is 4.85 Å². The summed E-state index contributed by atoms with van der Waals surface area (Å²) in [5, 5.41) is 0. The molecule has 0 N–H and O–H groups in total. The molecule has 1 rings (SSSR count). The molecule has 1 nitrogen and oxygen atoms in total. The first kappa shape index (κ1) is 14.5. The average Bonchev–Trinajstić information content (AvgIpc) is 2.22. The second kappa shape index (κ2) is 6.89. The van der Waals surface area contributed by atoms with E-state index < -0.39 is 12.6 Å². The maximum Gasteiger partial charge on any atom is 0.393 e. The number of halogens is 3. The van der Waals surface area contributed by atoms with E-state index in [1.54, 1.807) is 12.1 Å². The van der Waals surface area contributed by atoms with Gasteiger partial charge in [0.25, 0.3) is 13.1 Å². The molecule has 0 aromatic heterocycles. The summed E-state index contributed by atoms with van der Waals surface area (Å²) < 4.78 is 35.9. The third kappa shape index (κ3) is 6.07. The van der Waals surface area contributed by atoms with E-state index in [4.69, 9.17) is 6.57 Å². The summed E-state index contributed by atoms with van der Waals surface area (Å²) in [4.78, 5) is 3.39. The summed E-state index contributed by atoms with van der Waals surface area (Å²) in [6.07, 6.45) is -5.05. The molecule has 4 heteroatoms. The summed E-state index contributed by atoms with van der Waals surface area (Å²) in [5.41, 5.74) is 1.05. The quantitative estimate of drug-likeness (QED) is 0.714. The molecule has 0 aliphatic carbocycles. The van der Waals surface area contributed by atoms with E-state index in [1.807, 2.05) is 13.8 Å². The zero-order valence-corrected chi connectivity index (χ0v) is 9.38. The van der Waals surface area contributed by atoms with E-state index in [-0.39, 0.29) is 5.56 Å². The lowest BCUT2D eigenvalue weighted by molar-refractivity contribution is -0.127. The Morgan fingerprint density at radius 2 is 1.50 bits per heavy atom. The largest absolute Gasteiger partial charge is 0.393 e. The van der Waals surface area contributed by atoms with Crippen molar-refractivity contribution in [2.45, 2.75) is 33.0 Å². The highest BCUT2D eigenvalue weighted by molar-refractivity contribution is 5.24. The molecule has 0 radical (unpaired) electrons. The fraction of sp³-hybridized carbons (Fsp3) is 0.417. The zero-order chi connectivity index (χ0) is 12.6. The minimum Gasteiger partial charge on any atom is -0.171 e. The molecular weight excluding hydrogens is 215 g/mol. The summed E-state index contributed by atoms with van der Waals surface area (Å²) in [7, 11) is 0. The normalized spacial score (nSPS) is 10.0. The summed E-state index contributed by atoms with van der Waals surface area (Å²) in [6.45, 7) is 9.27. The van der Waals surface area contributed by atoms with Gasteiger partial charge in [-0.1, -0.05) is 43.0 Å². The van der Waals surface area contributed by atoms with Gasteiger partial charge in [0.05, 0.1) is 6.42 Å². The number of alkyl halides is 3. The van der Waals surface area contributed by atoms with Crippen LogP contribution < -0.4 is 0 Å². The lowest BCUT2D eigenvalue weighted by Gasteiger charge is -2.05. The highest BCUT2D eigenvalue weighted by atomic mass is 19.4. The molecular formula is C12H15F3N+. The first-order valence-corrected chi connectivity index (χ1v) is 5.02. The number of benzene rings is 1. The summed E-state index contributed by atoms with van der Waals surface area (Å²) in [5.74, 6) is 0. The Morgan fingerprint density at radius 1 is 1.06 bits per heavy atom. The van der Waals surface area contributed by atoms with Gasteiger partial charge in [0.15, 0.2) is 0 Å². The van der Waals surface area contributed by atoms with Gasteiger partial charge in [-0.05, 0) is 5.56 Å². The third-order valence-electron chi connectivity index (χ3n) is 1.70. The van der Waals surface area contributed by atoms with E-state index in [1.165, 1.54) is 12.1 Å². The fourth-order valence-electron chi connectivity index (χ4n) is 1.10. The number of nitrogens with zero attached hydrogens (tertiary/aromatic N) is 1. The van der Waals surface area contributed by atoms with E-state index in [9.17, 15) is 13.2 Å². The van der Waals surface area contributed by atoms with E-state index in [0.717, 1.165) is 5.56 Å². The van der Waals surface area contributed by atoms with Gasteiger partial charge in [-0.2, -0.15) is 13.2 Å². The van der Waals surface area contributed by atoms with Crippen molar-refractivity contribution < 1.29 is 13.2 Å². The second-order valence-electron chi connectivity index (χ2n) is 2.95. The Bertz CT molecular complexity index is 333. The van der Waals surface area contributed by atoms with Gasteiger partial charge in [-0.25, -0.2) is 0 Å². The van der Waals surface area contributed by atoms with Gasteiger partial charge in [0, 0.05) is 5.56 Å². The molecule has 0 bridgehead atoms. The minimum absolute atomic E-state index is 0.248. The lowest BCUT2D eigenvalue weighted by atomic mass is 10.1. The minimum atomic E-state index is -4.15. The van der Waals surface area contributed by atoms with Gasteiger partial charge < -0.3 is 0 Å². The average molecular weight is 230 g/mol. The zero-order valence-electron chi connectivity index (χ0n) is 9.38. The van der Waals surface area contributed by atoms with Crippen LogP contribution in [0.4, 0.5) is 13.2 Å². The Morgan fingerprint density at radius 3 is 1.88 bits per heavy atom. The SMILES string of the molecule is C#[N+]Cc1ccc(CC(F)(F)F)cc1.CC. The Labute approximate surface area is 93.7 Å². The molecule has 0 saturated heterocycles. The second-order valence-corrected chi connectivity index (χ2v) is 2.95. The predicted molar refractivity (Wildman–Crippen MR) is 59.6 cm³/mol. The first-order chi connectivity index (χ1) is 7.51. The number of hydrogen-bond acceptors (Lipinski definition) is 0. The maximum absolute atomic E-state index is 12.0. The van der Waals surface area contributed by atoms with E-state index >= 15 is 0 Å². The molecule has 88 valence electrons. The number of rotatable bonds is 2. The molecule has 1 aromatic carbocycles. The predicted octanol–water partition coefficient (Wildman–Crippen LogP) is 4.28. The highest BCUT2D eigenvalue weighted by Crippen LogP contribution is 2.21. The molecule has 0 fully saturated rings. The van der Waals surface area contributed by atoms with Crippen molar-refractivity contribution in [3.05, 3.63) is 40.2 Å². The van der Waals surface area contributed by atoms with Crippen molar-refractivity contribution in [3.63, 3.8) is 0 Å². The fourth-order valence-corrected chi connectivity index (χ4v) is 1.10. The van der Waals surface area contributed by atoms with Crippen molar-refractivity contribution >= 4 is 0 Å². The molecule has 0 heterocycles. The van der Waals surface area contributed by atoms with Gasteiger partial charge in [-0.15, -0.1) is 0 Å². The van der Waals surface area contributed by atoms with Crippen LogP contribution in [0.2, 0.25) is 0 Å². The van der Waals surface area contributed by atoms with Crippen LogP contribution in [0.5, 0.6) is 0 Å². The van der Waals surface area contributed by atoms with Crippen molar-refractivity contribution in [1.82, 2.24) is 0 Å². The summed E-state index contributed by atoms with van der Waals surface area (Å²) >= 11 is 0. The Balaban J connectivity index is 0.00000106. The van der Waals surface area contributed by atoms with Crippen LogP contribution in [0.3, 0.4) is 0 Å². The molecule has 0 saturated carbocycles. The molecule has 0 aliphatic heterocycles. The smallest absolute Gasteiger partial charge is 0.171 e. The standard InChI is InChI=1S/C10H9F3N.C2H6/c1-14-7-9-4-2-8(3-5-9)6-10(11,12)13;1-2/h1-5H,6-7H2;1-2H3/q+1;. The summed E-state index contributed by atoms with van der Waals surface area (Å²) in [6, 6.07) is 6.07. The molecule has 0 spiro atoms. The van der Waals surface area contributed by atoms with Crippen molar-refractivity contribution in [2.75, 3.05) is 0 Å². The highest BCUT2D eigenvalue weighted by Gasteiger charge is 2.27.